The summed E-state index contributed by atoms with van der Waals surface area (Å²) < 4.78 is 78.5. The topological polar surface area (TPSA) is 52.1 Å². The average Bonchev–Trinajstić information content (AvgIpc) is 3.99. The minimum absolute atomic E-state index is 0.0123. The SMILES string of the molecule is [2H]c1c([2H])c([2H])c2oc(-c3cc(-c4cccc(-c5ccc6c(c5)C(C)(c5ccccc5)c5ccccc5-6)c4)cc(-c4nc5c([2H])c([2H])c([2H])c([2H])c5o4)c3)nc2c1[2H]. The molecule has 0 aliphatic heterocycles. The molecule has 50 heavy (non-hydrogen) atoms. The third-order valence-electron chi connectivity index (χ3n) is 9.71. The van der Waals surface area contributed by atoms with Gasteiger partial charge in [-0.25, -0.2) is 9.97 Å². The van der Waals surface area contributed by atoms with Crippen molar-refractivity contribution in [1.29, 1.82) is 0 Å². The summed E-state index contributed by atoms with van der Waals surface area (Å²) in [6.45, 7) is 2.28. The average molecular weight is 651 g/mol. The minimum atomic E-state index is -0.433. The lowest BCUT2D eigenvalue weighted by Crippen LogP contribution is -2.22. The molecule has 0 N–H and O–H groups in total. The third kappa shape index (κ3) is 4.46. The first-order chi connectivity index (χ1) is 27.9. The van der Waals surface area contributed by atoms with E-state index in [1.807, 2.05) is 30.3 Å². The molecule has 0 amide bonds. The van der Waals surface area contributed by atoms with Gasteiger partial charge in [-0.05, 0) is 111 Å². The van der Waals surface area contributed by atoms with Crippen molar-refractivity contribution in [1.82, 2.24) is 9.97 Å². The quantitative estimate of drug-likeness (QED) is 0.186. The molecule has 0 spiro atoms. The van der Waals surface area contributed by atoms with Crippen molar-refractivity contribution in [3.05, 3.63) is 180 Å². The van der Waals surface area contributed by atoms with E-state index in [4.69, 9.17) is 19.8 Å². The standard InChI is InChI=1S/C46H30N2O2/c1-46(35-14-3-2-4-15-35)38-17-6-5-16-36(38)37-23-22-31(28-39(37)46)29-12-11-13-30(24-29)32-25-33(44-47-40-18-7-9-20-42(40)49-44)27-34(26-32)45-48-41-19-8-10-21-43(41)50-45/h2-28H,1H3/i7D,8D,9D,10D,18D,19D,20D,21D. The summed E-state index contributed by atoms with van der Waals surface area (Å²) in [6, 6.07) is 36.1. The van der Waals surface area contributed by atoms with Crippen LogP contribution in [0.2, 0.25) is 0 Å². The molecule has 7 aromatic carbocycles. The molecule has 2 aromatic heterocycles. The normalized spacial score (nSPS) is 17.2. The molecule has 4 nitrogen and oxygen atoms in total. The summed E-state index contributed by atoms with van der Waals surface area (Å²) in [4.78, 5) is 9.05. The monoisotopic (exact) mass is 650 g/mol. The van der Waals surface area contributed by atoms with Crippen LogP contribution in [-0.2, 0) is 5.41 Å². The predicted molar refractivity (Wildman–Crippen MR) is 201 cm³/mol. The van der Waals surface area contributed by atoms with Crippen molar-refractivity contribution >= 4 is 22.2 Å². The first-order valence-electron chi connectivity index (χ1n) is 20.2. The fraction of sp³-hybridized carbons (Fsp3) is 0.0435. The van der Waals surface area contributed by atoms with Crippen LogP contribution in [0.3, 0.4) is 0 Å². The van der Waals surface area contributed by atoms with Crippen LogP contribution in [0.5, 0.6) is 0 Å². The van der Waals surface area contributed by atoms with Crippen molar-refractivity contribution in [3.63, 3.8) is 0 Å². The van der Waals surface area contributed by atoms with E-state index in [-0.39, 0.29) is 63.6 Å². The highest BCUT2D eigenvalue weighted by Crippen LogP contribution is 2.53. The number of para-hydroxylation sites is 4. The zero-order valence-corrected chi connectivity index (χ0v) is 26.7. The molecule has 1 aliphatic carbocycles. The molecule has 1 atom stereocenters. The fourth-order valence-electron chi connectivity index (χ4n) is 7.26. The summed E-state index contributed by atoms with van der Waals surface area (Å²) in [7, 11) is 0. The van der Waals surface area contributed by atoms with Crippen molar-refractivity contribution in [2.45, 2.75) is 12.3 Å². The second-order valence-corrected chi connectivity index (χ2v) is 12.6. The molecule has 0 saturated heterocycles. The lowest BCUT2D eigenvalue weighted by atomic mass is 9.74. The Morgan fingerprint density at radius 3 is 1.72 bits per heavy atom. The number of nitrogens with zero attached hydrogens (tertiary/aromatic N) is 2. The Morgan fingerprint density at radius 1 is 0.480 bits per heavy atom. The van der Waals surface area contributed by atoms with Crippen molar-refractivity contribution < 1.29 is 19.8 Å². The fourth-order valence-corrected chi connectivity index (χ4v) is 7.26. The molecular formula is C46H30N2O2. The maximum atomic E-state index is 8.45. The second kappa shape index (κ2) is 11.0. The van der Waals surface area contributed by atoms with Crippen molar-refractivity contribution in [3.8, 4) is 56.3 Å². The Kier molecular flexibility index (Phi) is 4.72. The summed E-state index contributed by atoms with van der Waals surface area (Å²) in [5, 5.41) is 0. The maximum Gasteiger partial charge on any atom is 0.227 e. The molecule has 0 bridgehead atoms. The van der Waals surface area contributed by atoms with Crippen molar-refractivity contribution in [2.24, 2.45) is 0 Å². The molecular weight excluding hydrogens is 613 g/mol. The van der Waals surface area contributed by atoms with Crippen LogP contribution < -0.4 is 0 Å². The zero-order chi connectivity index (χ0) is 40.2. The van der Waals surface area contributed by atoms with Crippen LogP contribution in [-0.4, -0.2) is 9.97 Å². The molecule has 4 heteroatoms. The van der Waals surface area contributed by atoms with Gasteiger partial charge in [-0.1, -0.05) is 109 Å². The highest BCUT2D eigenvalue weighted by atomic mass is 16.4. The van der Waals surface area contributed by atoms with Crippen LogP contribution in [0, 0.1) is 0 Å². The number of fused-ring (bicyclic) bond motifs is 5. The largest absolute Gasteiger partial charge is 0.436 e. The minimum Gasteiger partial charge on any atom is -0.436 e. The van der Waals surface area contributed by atoms with Crippen LogP contribution in [0.1, 0.15) is 34.6 Å². The van der Waals surface area contributed by atoms with Gasteiger partial charge in [0.15, 0.2) is 11.2 Å². The van der Waals surface area contributed by atoms with Crippen LogP contribution >= 0.6 is 0 Å². The molecule has 0 fully saturated rings. The first-order valence-corrected chi connectivity index (χ1v) is 16.2. The van der Waals surface area contributed by atoms with E-state index in [2.05, 4.69) is 95.8 Å². The van der Waals surface area contributed by atoms with Gasteiger partial charge in [0.25, 0.3) is 0 Å². The predicted octanol–water partition coefficient (Wildman–Crippen LogP) is 12.0. The van der Waals surface area contributed by atoms with Gasteiger partial charge in [0.1, 0.15) is 11.0 Å². The number of hydrogen-bond acceptors (Lipinski definition) is 4. The number of benzene rings is 7. The van der Waals surface area contributed by atoms with Crippen LogP contribution in [0.15, 0.2) is 172 Å². The van der Waals surface area contributed by atoms with Crippen molar-refractivity contribution in [2.75, 3.05) is 0 Å². The van der Waals surface area contributed by atoms with E-state index in [9.17, 15) is 0 Å². The number of aromatic nitrogens is 2. The summed E-state index contributed by atoms with van der Waals surface area (Å²) in [5.74, 6) is 0.0833. The van der Waals surface area contributed by atoms with Crippen LogP contribution in [0.25, 0.3) is 78.5 Å². The van der Waals surface area contributed by atoms with Gasteiger partial charge in [0, 0.05) is 16.5 Å². The Balaban J connectivity index is 1.15. The van der Waals surface area contributed by atoms with E-state index in [1.54, 1.807) is 6.07 Å². The second-order valence-electron chi connectivity index (χ2n) is 12.6. The molecule has 1 unspecified atom stereocenters. The van der Waals surface area contributed by atoms with Gasteiger partial charge in [0.05, 0.1) is 11.0 Å². The van der Waals surface area contributed by atoms with E-state index in [1.165, 1.54) is 27.8 Å². The Morgan fingerprint density at radius 2 is 1.02 bits per heavy atom. The number of hydrogen-bond donors (Lipinski definition) is 0. The van der Waals surface area contributed by atoms with Gasteiger partial charge in [-0.2, -0.15) is 0 Å². The smallest absolute Gasteiger partial charge is 0.227 e. The molecule has 236 valence electrons. The van der Waals surface area contributed by atoms with Crippen LogP contribution in [0.4, 0.5) is 0 Å². The van der Waals surface area contributed by atoms with E-state index in [0.717, 1.165) is 16.7 Å². The molecule has 2 heterocycles. The van der Waals surface area contributed by atoms with E-state index in [0.29, 0.717) is 16.7 Å². The molecule has 0 saturated carbocycles. The lowest BCUT2D eigenvalue weighted by molar-refractivity contribution is 0.617. The molecule has 1 aliphatic rings. The highest BCUT2D eigenvalue weighted by molar-refractivity contribution is 5.87. The highest BCUT2D eigenvalue weighted by Gasteiger charge is 2.40. The summed E-state index contributed by atoms with van der Waals surface area (Å²) in [6.07, 6.45) is 0. The van der Waals surface area contributed by atoms with Gasteiger partial charge in [-0.15, -0.1) is 0 Å². The third-order valence-corrected chi connectivity index (χ3v) is 9.71. The number of rotatable bonds is 5. The first kappa shape index (κ1) is 21.5. The van der Waals surface area contributed by atoms with E-state index < -0.39 is 24.2 Å². The molecule has 0 radical (unpaired) electrons. The maximum absolute atomic E-state index is 8.45. The van der Waals surface area contributed by atoms with Gasteiger partial charge < -0.3 is 8.83 Å². The lowest BCUT2D eigenvalue weighted by Gasteiger charge is -2.28. The van der Waals surface area contributed by atoms with Gasteiger partial charge >= 0.3 is 0 Å². The van der Waals surface area contributed by atoms with E-state index >= 15 is 0 Å². The molecule has 9 aromatic rings. The Hall–Kier alpha value is -6.52. The summed E-state index contributed by atoms with van der Waals surface area (Å²) >= 11 is 0. The number of oxazole rings is 2. The van der Waals surface area contributed by atoms with Gasteiger partial charge in [0.2, 0.25) is 11.8 Å². The Bertz CT molecular complexity index is 2990. The molecule has 10 rings (SSSR count). The summed E-state index contributed by atoms with van der Waals surface area (Å²) in [5.41, 5.74) is 9.86. The zero-order valence-electron chi connectivity index (χ0n) is 34.7. The van der Waals surface area contributed by atoms with Gasteiger partial charge in [-0.3, -0.25) is 0 Å². The Labute approximate surface area is 300 Å².